The molecule has 0 saturated carbocycles. The summed E-state index contributed by atoms with van der Waals surface area (Å²) in [5.74, 6) is -0.476. The van der Waals surface area contributed by atoms with Crippen LogP contribution < -0.4 is 0 Å². The normalized spacial score (nSPS) is 16.0. The minimum absolute atomic E-state index is 0.0439. The lowest BCUT2D eigenvalue weighted by Crippen LogP contribution is -2.49. The van der Waals surface area contributed by atoms with E-state index in [9.17, 15) is 9.59 Å². The van der Waals surface area contributed by atoms with E-state index in [4.69, 9.17) is 4.74 Å². The highest BCUT2D eigenvalue weighted by atomic mass is 16.5. The van der Waals surface area contributed by atoms with E-state index < -0.39 is 5.97 Å². The van der Waals surface area contributed by atoms with Crippen molar-refractivity contribution >= 4 is 11.9 Å². The smallest absolute Gasteiger partial charge is 0.337 e. The van der Waals surface area contributed by atoms with E-state index in [0.29, 0.717) is 24.2 Å². The van der Waals surface area contributed by atoms with Crippen molar-refractivity contribution in [3.63, 3.8) is 0 Å². The molecule has 0 spiro atoms. The van der Waals surface area contributed by atoms with Gasteiger partial charge in [-0.05, 0) is 40.5 Å². The number of nitrogens with zero attached hydrogens (tertiary/aromatic N) is 2. The molecular formula is C26H24N2O3. The summed E-state index contributed by atoms with van der Waals surface area (Å²) in [6, 6.07) is 24.2. The Kier molecular flexibility index (Phi) is 5.04. The quantitative estimate of drug-likeness (QED) is 0.610. The van der Waals surface area contributed by atoms with Gasteiger partial charge in [-0.25, -0.2) is 4.79 Å². The van der Waals surface area contributed by atoms with Gasteiger partial charge in [-0.3, -0.25) is 9.69 Å². The minimum Gasteiger partial charge on any atom is -0.465 e. The summed E-state index contributed by atoms with van der Waals surface area (Å²) in [5, 5.41) is 0. The predicted octanol–water partition coefficient (Wildman–Crippen LogP) is 4.00. The molecule has 31 heavy (non-hydrogen) atoms. The Morgan fingerprint density at radius 3 is 1.97 bits per heavy atom. The van der Waals surface area contributed by atoms with Crippen LogP contribution >= 0.6 is 0 Å². The van der Waals surface area contributed by atoms with E-state index in [-0.39, 0.29) is 11.9 Å². The summed E-state index contributed by atoms with van der Waals surface area (Å²) in [5.41, 5.74) is 6.21. The minimum atomic E-state index is -0.432. The first-order chi connectivity index (χ1) is 15.2. The molecule has 5 nitrogen and oxygen atoms in total. The van der Waals surface area contributed by atoms with Gasteiger partial charge in [0.15, 0.2) is 0 Å². The third-order valence-electron chi connectivity index (χ3n) is 6.30. The molecule has 1 aliphatic heterocycles. The van der Waals surface area contributed by atoms with Gasteiger partial charge in [0.2, 0.25) is 0 Å². The zero-order valence-electron chi connectivity index (χ0n) is 17.5. The zero-order valence-corrected chi connectivity index (χ0v) is 17.5. The van der Waals surface area contributed by atoms with Crippen LogP contribution in [-0.2, 0) is 4.74 Å². The number of hydrogen-bond acceptors (Lipinski definition) is 4. The molecule has 0 aromatic heterocycles. The van der Waals surface area contributed by atoms with E-state index in [2.05, 4.69) is 53.4 Å². The number of ether oxygens (including phenoxy) is 1. The van der Waals surface area contributed by atoms with Crippen LogP contribution in [0.1, 0.15) is 37.9 Å². The molecule has 1 amide bonds. The fraction of sp³-hybridized carbons (Fsp3) is 0.231. The fourth-order valence-corrected chi connectivity index (χ4v) is 4.79. The topological polar surface area (TPSA) is 49.9 Å². The van der Waals surface area contributed by atoms with Crippen molar-refractivity contribution in [1.29, 1.82) is 0 Å². The molecule has 1 heterocycles. The molecule has 5 rings (SSSR count). The summed E-state index contributed by atoms with van der Waals surface area (Å²) in [7, 11) is 1.34. The second kappa shape index (κ2) is 8.00. The molecule has 1 aliphatic carbocycles. The number of fused-ring (bicyclic) bond motifs is 3. The zero-order chi connectivity index (χ0) is 21.4. The van der Waals surface area contributed by atoms with Crippen molar-refractivity contribution < 1.29 is 14.3 Å². The SMILES string of the molecule is COC(=O)c1cccc(C(=O)N2CCN(C3c4ccccc4-c4ccccc43)CC2)c1. The second-order valence-corrected chi connectivity index (χ2v) is 7.98. The second-order valence-electron chi connectivity index (χ2n) is 7.98. The Labute approximate surface area is 181 Å². The third-order valence-corrected chi connectivity index (χ3v) is 6.30. The Morgan fingerprint density at radius 2 is 1.35 bits per heavy atom. The number of carbonyl (C=O) groups excluding carboxylic acids is 2. The van der Waals surface area contributed by atoms with Gasteiger partial charge in [-0.2, -0.15) is 0 Å². The van der Waals surface area contributed by atoms with Gasteiger partial charge in [0.1, 0.15) is 0 Å². The first-order valence-corrected chi connectivity index (χ1v) is 10.6. The van der Waals surface area contributed by atoms with Crippen LogP contribution in [0.15, 0.2) is 72.8 Å². The van der Waals surface area contributed by atoms with Crippen molar-refractivity contribution in [2.24, 2.45) is 0 Å². The highest BCUT2D eigenvalue weighted by Crippen LogP contribution is 2.46. The summed E-state index contributed by atoms with van der Waals surface area (Å²) in [6.07, 6.45) is 0. The molecule has 0 unspecified atom stereocenters. The molecule has 0 atom stereocenters. The van der Waals surface area contributed by atoms with E-state index in [1.54, 1.807) is 24.3 Å². The molecule has 3 aromatic carbocycles. The Hall–Kier alpha value is -3.44. The first kappa shape index (κ1) is 19.5. The van der Waals surface area contributed by atoms with Crippen LogP contribution in [0.5, 0.6) is 0 Å². The van der Waals surface area contributed by atoms with E-state index >= 15 is 0 Å². The van der Waals surface area contributed by atoms with Gasteiger partial charge < -0.3 is 9.64 Å². The van der Waals surface area contributed by atoms with Crippen LogP contribution in [0.3, 0.4) is 0 Å². The largest absolute Gasteiger partial charge is 0.465 e. The van der Waals surface area contributed by atoms with Crippen molar-refractivity contribution in [3.8, 4) is 11.1 Å². The average molecular weight is 412 g/mol. The standard InChI is InChI=1S/C26H24N2O3/c1-31-26(30)19-8-6-7-18(17-19)25(29)28-15-13-27(14-16-28)24-22-11-4-2-9-20(22)21-10-3-5-12-23(21)24/h2-12,17,24H,13-16H2,1H3. The van der Waals surface area contributed by atoms with Gasteiger partial charge in [0.05, 0.1) is 18.7 Å². The molecule has 1 saturated heterocycles. The molecule has 2 aliphatic rings. The van der Waals surface area contributed by atoms with Gasteiger partial charge in [-0.15, -0.1) is 0 Å². The molecule has 1 fully saturated rings. The number of hydrogen-bond donors (Lipinski definition) is 0. The summed E-state index contributed by atoms with van der Waals surface area (Å²) >= 11 is 0. The van der Waals surface area contributed by atoms with Crippen molar-refractivity contribution in [3.05, 3.63) is 95.1 Å². The van der Waals surface area contributed by atoms with E-state index in [1.807, 2.05) is 4.90 Å². The Morgan fingerprint density at radius 1 is 0.774 bits per heavy atom. The van der Waals surface area contributed by atoms with Crippen molar-refractivity contribution in [1.82, 2.24) is 9.80 Å². The van der Waals surface area contributed by atoms with Crippen LogP contribution in [0.4, 0.5) is 0 Å². The number of esters is 1. The number of methoxy groups -OCH3 is 1. The number of carbonyl (C=O) groups is 2. The highest BCUT2D eigenvalue weighted by molar-refractivity contribution is 5.98. The molecule has 0 N–H and O–H groups in total. The molecule has 5 heteroatoms. The number of amides is 1. The van der Waals surface area contributed by atoms with Crippen LogP contribution in [0.2, 0.25) is 0 Å². The molecule has 0 bridgehead atoms. The average Bonchev–Trinajstić information content (AvgIpc) is 3.18. The lowest BCUT2D eigenvalue weighted by Gasteiger charge is -2.38. The van der Waals surface area contributed by atoms with E-state index in [0.717, 1.165) is 13.1 Å². The number of rotatable bonds is 3. The maximum absolute atomic E-state index is 13.0. The van der Waals surface area contributed by atoms with E-state index in [1.165, 1.54) is 29.4 Å². The van der Waals surface area contributed by atoms with Crippen molar-refractivity contribution in [2.75, 3.05) is 33.3 Å². The van der Waals surface area contributed by atoms with Gasteiger partial charge in [0, 0.05) is 31.7 Å². The molecule has 0 radical (unpaired) electrons. The lowest BCUT2D eigenvalue weighted by molar-refractivity contribution is 0.0598. The number of piperazine rings is 1. The Bertz CT molecular complexity index is 1100. The summed E-state index contributed by atoms with van der Waals surface area (Å²) in [4.78, 5) is 29.2. The summed E-state index contributed by atoms with van der Waals surface area (Å²) < 4.78 is 4.77. The lowest BCUT2D eigenvalue weighted by atomic mass is 10.0. The first-order valence-electron chi connectivity index (χ1n) is 10.6. The fourth-order valence-electron chi connectivity index (χ4n) is 4.79. The summed E-state index contributed by atoms with van der Waals surface area (Å²) in [6.45, 7) is 2.91. The molecule has 156 valence electrons. The molecular weight excluding hydrogens is 388 g/mol. The van der Waals surface area contributed by atoms with Crippen LogP contribution in [0.25, 0.3) is 11.1 Å². The third kappa shape index (κ3) is 3.41. The highest BCUT2D eigenvalue weighted by Gasteiger charge is 2.35. The van der Waals surface area contributed by atoms with Crippen LogP contribution in [-0.4, -0.2) is 55.0 Å². The van der Waals surface area contributed by atoms with Gasteiger partial charge >= 0.3 is 5.97 Å². The molecule has 3 aromatic rings. The number of benzene rings is 3. The Balaban J connectivity index is 1.33. The van der Waals surface area contributed by atoms with Crippen molar-refractivity contribution in [2.45, 2.75) is 6.04 Å². The monoisotopic (exact) mass is 412 g/mol. The van der Waals surface area contributed by atoms with Gasteiger partial charge in [0.25, 0.3) is 5.91 Å². The maximum atomic E-state index is 13.0. The van der Waals surface area contributed by atoms with Crippen LogP contribution in [0, 0.1) is 0 Å². The predicted molar refractivity (Wildman–Crippen MR) is 119 cm³/mol. The maximum Gasteiger partial charge on any atom is 0.337 e. The van der Waals surface area contributed by atoms with Gasteiger partial charge in [-0.1, -0.05) is 54.6 Å².